The van der Waals surface area contributed by atoms with E-state index in [9.17, 15) is 0 Å². The third kappa shape index (κ3) is 2.80. The summed E-state index contributed by atoms with van der Waals surface area (Å²) in [6, 6.07) is 0. The molecule has 0 amide bonds. The first kappa shape index (κ1) is 10.1. The lowest BCUT2D eigenvalue weighted by molar-refractivity contribution is 0.630. The van der Waals surface area contributed by atoms with Crippen molar-refractivity contribution in [3.05, 3.63) is 0 Å². The minimum Gasteiger partial charge on any atom is -0.387 e. The van der Waals surface area contributed by atoms with E-state index in [1.54, 1.807) is 0 Å². The third-order valence-electron chi connectivity index (χ3n) is 1.66. The van der Waals surface area contributed by atoms with Crippen molar-refractivity contribution in [1.82, 2.24) is 0 Å². The monoisotopic (exact) mass is 180 g/mol. The van der Waals surface area contributed by atoms with Crippen LogP contribution in [-0.2, 0) is 0 Å². The van der Waals surface area contributed by atoms with E-state index >= 15 is 0 Å². The van der Waals surface area contributed by atoms with Crippen LogP contribution in [0.4, 0.5) is 0 Å². The van der Waals surface area contributed by atoms with E-state index in [1.165, 1.54) is 11.5 Å². The Bertz CT molecular complexity index is 112. The van der Waals surface area contributed by atoms with E-state index in [-0.39, 0.29) is 12.4 Å². The van der Waals surface area contributed by atoms with Crippen LogP contribution in [0.5, 0.6) is 0 Å². The number of thioether (sulfide) groups is 1. The van der Waals surface area contributed by atoms with E-state index in [1.807, 2.05) is 11.8 Å². The molecule has 1 heterocycles. The minimum absolute atomic E-state index is 0. The van der Waals surface area contributed by atoms with Gasteiger partial charge in [0.15, 0.2) is 0 Å². The molecule has 4 heteroatoms. The van der Waals surface area contributed by atoms with E-state index < -0.39 is 0 Å². The first-order valence-electron chi connectivity index (χ1n) is 3.22. The second kappa shape index (κ2) is 4.85. The lowest BCUT2D eigenvalue weighted by Crippen LogP contribution is -2.25. The molecule has 0 radical (unpaired) electrons. The van der Waals surface area contributed by atoms with Gasteiger partial charge in [-0.3, -0.25) is 5.41 Å². The van der Waals surface area contributed by atoms with Gasteiger partial charge in [0.25, 0.3) is 0 Å². The van der Waals surface area contributed by atoms with Gasteiger partial charge in [0.05, 0.1) is 5.84 Å². The van der Waals surface area contributed by atoms with E-state index in [0.29, 0.717) is 11.8 Å². The highest BCUT2D eigenvalue weighted by atomic mass is 35.5. The Morgan fingerprint density at radius 3 is 2.20 bits per heavy atom. The molecule has 3 N–H and O–H groups in total. The number of halogens is 1. The van der Waals surface area contributed by atoms with Gasteiger partial charge in [0, 0.05) is 5.92 Å². The van der Waals surface area contributed by atoms with Crippen molar-refractivity contribution in [3.63, 3.8) is 0 Å². The molecule has 1 rings (SSSR count). The Kier molecular flexibility index (Phi) is 4.91. The first-order valence-corrected chi connectivity index (χ1v) is 4.38. The van der Waals surface area contributed by atoms with Crippen molar-refractivity contribution in [2.45, 2.75) is 12.8 Å². The Balaban J connectivity index is 0.000000810. The maximum absolute atomic E-state index is 7.16. The third-order valence-corrected chi connectivity index (χ3v) is 2.71. The molecule has 10 heavy (non-hydrogen) atoms. The fourth-order valence-corrected chi connectivity index (χ4v) is 2.12. The van der Waals surface area contributed by atoms with Crippen LogP contribution >= 0.6 is 24.2 Å². The second-order valence-electron chi connectivity index (χ2n) is 2.34. The van der Waals surface area contributed by atoms with Gasteiger partial charge in [-0.1, -0.05) is 0 Å². The minimum atomic E-state index is 0. The molecule has 0 unspecified atom stereocenters. The van der Waals surface area contributed by atoms with Crippen LogP contribution in [0, 0.1) is 11.3 Å². The van der Waals surface area contributed by atoms with Gasteiger partial charge in [0.2, 0.25) is 0 Å². The molecule has 0 atom stereocenters. The number of amidine groups is 1. The lowest BCUT2D eigenvalue weighted by Gasteiger charge is -2.19. The maximum atomic E-state index is 7.16. The summed E-state index contributed by atoms with van der Waals surface area (Å²) in [4.78, 5) is 0. The fourth-order valence-electron chi connectivity index (χ4n) is 1.01. The van der Waals surface area contributed by atoms with Gasteiger partial charge in [-0.15, -0.1) is 12.4 Å². The summed E-state index contributed by atoms with van der Waals surface area (Å²) in [5, 5.41) is 7.16. The average Bonchev–Trinajstić information content (AvgIpc) is 1.90. The summed E-state index contributed by atoms with van der Waals surface area (Å²) in [6.07, 6.45) is 2.22. The molecular formula is C6H13ClN2S. The molecule has 2 nitrogen and oxygen atoms in total. The predicted octanol–water partition coefficient (Wildman–Crippen LogP) is 1.49. The van der Waals surface area contributed by atoms with E-state index in [2.05, 4.69) is 0 Å². The zero-order chi connectivity index (χ0) is 6.69. The number of rotatable bonds is 1. The normalized spacial score (nSPS) is 19.6. The topological polar surface area (TPSA) is 49.9 Å². The van der Waals surface area contributed by atoms with E-state index in [4.69, 9.17) is 11.1 Å². The highest BCUT2D eigenvalue weighted by Gasteiger charge is 2.15. The van der Waals surface area contributed by atoms with Crippen molar-refractivity contribution in [1.29, 1.82) is 5.41 Å². The van der Waals surface area contributed by atoms with Crippen molar-refractivity contribution in [2.75, 3.05) is 11.5 Å². The van der Waals surface area contributed by atoms with Crippen LogP contribution in [-0.4, -0.2) is 17.3 Å². The highest BCUT2D eigenvalue weighted by Crippen LogP contribution is 2.21. The van der Waals surface area contributed by atoms with Crippen LogP contribution in [0.2, 0.25) is 0 Å². The summed E-state index contributed by atoms with van der Waals surface area (Å²) in [7, 11) is 0. The molecule has 0 saturated carbocycles. The van der Waals surface area contributed by atoms with Crippen molar-refractivity contribution in [3.8, 4) is 0 Å². The lowest BCUT2D eigenvalue weighted by atomic mass is 10.0. The Morgan fingerprint density at radius 2 is 1.90 bits per heavy atom. The molecule has 60 valence electrons. The number of hydrogen-bond acceptors (Lipinski definition) is 2. The van der Waals surface area contributed by atoms with Crippen LogP contribution in [0.3, 0.4) is 0 Å². The molecule has 0 aromatic heterocycles. The van der Waals surface area contributed by atoms with Gasteiger partial charge < -0.3 is 5.73 Å². The average molecular weight is 181 g/mol. The highest BCUT2D eigenvalue weighted by molar-refractivity contribution is 7.99. The second-order valence-corrected chi connectivity index (χ2v) is 3.57. The molecule has 0 bridgehead atoms. The molecule has 0 aliphatic carbocycles. The van der Waals surface area contributed by atoms with Crippen molar-refractivity contribution >= 4 is 30.0 Å². The summed E-state index contributed by atoms with van der Waals surface area (Å²) >= 11 is 1.96. The van der Waals surface area contributed by atoms with Gasteiger partial charge in [-0.05, 0) is 24.3 Å². The smallest absolute Gasteiger partial charge is 0.0937 e. The van der Waals surface area contributed by atoms with Gasteiger partial charge in [-0.2, -0.15) is 11.8 Å². The van der Waals surface area contributed by atoms with Crippen molar-refractivity contribution in [2.24, 2.45) is 11.7 Å². The summed E-state index contributed by atoms with van der Waals surface area (Å²) in [5.41, 5.74) is 5.34. The molecule has 0 aromatic carbocycles. The molecular weight excluding hydrogens is 168 g/mol. The Hall–Kier alpha value is 0.110. The summed E-state index contributed by atoms with van der Waals surface area (Å²) in [5.74, 6) is 3.15. The first-order chi connectivity index (χ1) is 4.30. The van der Waals surface area contributed by atoms with Crippen LogP contribution < -0.4 is 5.73 Å². The molecule has 0 spiro atoms. The molecule has 1 saturated heterocycles. The zero-order valence-electron chi connectivity index (χ0n) is 5.80. The number of nitrogens with two attached hydrogens (primary N) is 1. The Labute approximate surface area is 71.9 Å². The van der Waals surface area contributed by atoms with Crippen molar-refractivity contribution < 1.29 is 0 Å². The quantitative estimate of drug-likeness (QED) is 0.475. The SMILES string of the molecule is Cl.N=C(N)C1CCSCC1. The molecule has 0 aromatic rings. The fraction of sp³-hybridized carbons (Fsp3) is 0.833. The predicted molar refractivity (Wildman–Crippen MR) is 49.2 cm³/mol. The van der Waals surface area contributed by atoms with Gasteiger partial charge in [-0.25, -0.2) is 0 Å². The molecule has 1 aliphatic rings. The zero-order valence-corrected chi connectivity index (χ0v) is 7.43. The summed E-state index contributed by atoms with van der Waals surface area (Å²) in [6.45, 7) is 0. The van der Waals surface area contributed by atoms with Crippen LogP contribution in [0.25, 0.3) is 0 Å². The summed E-state index contributed by atoms with van der Waals surface area (Å²) < 4.78 is 0. The van der Waals surface area contributed by atoms with Gasteiger partial charge >= 0.3 is 0 Å². The molecule has 1 aliphatic heterocycles. The standard InChI is InChI=1S/C6H12N2S.ClH/c7-6(8)5-1-3-9-4-2-5;/h5H,1-4H2,(H3,7,8);1H. The maximum Gasteiger partial charge on any atom is 0.0937 e. The number of nitrogens with one attached hydrogen (secondary N) is 1. The molecule has 1 fully saturated rings. The Morgan fingerprint density at radius 1 is 1.40 bits per heavy atom. The van der Waals surface area contributed by atoms with Crippen LogP contribution in [0.15, 0.2) is 0 Å². The van der Waals surface area contributed by atoms with Crippen LogP contribution in [0.1, 0.15) is 12.8 Å². The van der Waals surface area contributed by atoms with Gasteiger partial charge in [0.1, 0.15) is 0 Å². The number of hydrogen-bond donors (Lipinski definition) is 2. The largest absolute Gasteiger partial charge is 0.387 e. The van der Waals surface area contributed by atoms with E-state index in [0.717, 1.165) is 12.8 Å².